The zero-order valence-corrected chi connectivity index (χ0v) is 13.3. The van der Waals surface area contributed by atoms with Gasteiger partial charge in [0.2, 0.25) is 11.8 Å². The predicted molar refractivity (Wildman–Crippen MR) is 79.6 cm³/mol. The monoisotopic (exact) mass is 280 g/mol. The van der Waals surface area contributed by atoms with Crippen molar-refractivity contribution >= 4 is 0 Å². The maximum atomic E-state index is 5.83. The Morgan fingerprint density at radius 2 is 2.15 bits per heavy atom. The number of hydrogen-bond donors (Lipinski definition) is 1. The molecule has 1 saturated heterocycles. The van der Waals surface area contributed by atoms with Gasteiger partial charge in [-0.15, -0.1) is 10.2 Å². The van der Waals surface area contributed by atoms with E-state index in [0.717, 1.165) is 44.4 Å². The molecule has 0 saturated carbocycles. The molecule has 1 fully saturated rings. The van der Waals surface area contributed by atoms with Crippen LogP contribution in [0.1, 0.15) is 58.7 Å². The quantitative estimate of drug-likeness (QED) is 0.897. The van der Waals surface area contributed by atoms with Gasteiger partial charge in [-0.2, -0.15) is 0 Å². The van der Waals surface area contributed by atoms with Crippen molar-refractivity contribution in [2.45, 2.75) is 65.0 Å². The van der Waals surface area contributed by atoms with E-state index in [-0.39, 0.29) is 5.41 Å². The molecular formula is C15H28N4O. The van der Waals surface area contributed by atoms with Gasteiger partial charge in [-0.3, -0.25) is 4.90 Å². The van der Waals surface area contributed by atoms with Gasteiger partial charge in [0.05, 0.1) is 6.54 Å². The maximum Gasteiger partial charge on any atom is 0.230 e. The summed E-state index contributed by atoms with van der Waals surface area (Å²) in [4.78, 5) is 2.48. The SMILES string of the molecule is CCCN(Cc1nnc(C(C)(C)C)o1)C1CCCNC1. The molecule has 0 spiro atoms. The average molecular weight is 280 g/mol. The molecule has 1 aliphatic heterocycles. The summed E-state index contributed by atoms with van der Waals surface area (Å²) in [5.41, 5.74) is -0.0762. The molecule has 0 bridgehead atoms. The van der Waals surface area contributed by atoms with Gasteiger partial charge in [-0.25, -0.2) is 0 Å². The van der Waals surface area contributed by atoms with Crippen molar-refractivity contribution in [3.63, 3.8) is 0 Å². The fourth-order valence-corrected chi connectivity index (χ4v) is 2.62. The van der Waals surface area contributed by atoms with Gasteiger partial charge >= 0.3 is 0 Å². The Morgan fingerprint density at radius 3 is 2.70 bits per heavy atom. The fraction of sp³-hybridized carbons (Fsp3) is 0.867. The number of rotatable bonds is 5. The smallest absolute Gasteiger partial charge is 0.230 e. The Kier molecular flexibility index (Phi) is 5.16. The third-order valence-electron chi connectivity index (χ3n) is 3.74. The molecule has 1 aliphatic rings. The summed E-state index contributed by atoms with van der Waals surface area (Å²) in [7, 11) is 0. The molecular weight excluding hydrogens is 252 g/mol. The van der Waals surface area contributed by atoms with Crippen LogP contribution in [0.5, 0.6) is 0 Å². The summed E-state index contributed by atoms with van der Waals surface area (Å²) in [6.45, 7) is 12.6. The minimum Gasteiger partial charge on any atom is -0.423 e. The zero-order chi connectivity index (χ0) is 14.6. The van der Waals surface area contributed by atoms with Crippen LogP contribution >= 0.6 is 0 Å². The average Bonchev–Trinajstić information content (AvgIpc) is 2.88. The van der Waals surface area contributed by atoms with Gasteiger partial charge < -0.3 is 9.73 Å². The minimum absolute atomic E-state index is 0.0762. The van der Waals surface area contributed by atoms with E-state index in [1.54, 1.807) is 0 Å². The molecule has 1 atom stereocenters. The van der Waals surface area contributed by atoms with Crippen molar-refractivity contribution in [3.8, 4) is 0 Å². The van der Waals surface area contributed by atoms with Gasteiger partial charge in [0.1, 0.15) is 0 Å². The van der Waals surface area contributed by atoms with Crippen LogP contribution in [-0.4, -0.2) is 40.8 Å². The summed E-state index contributed by atoms with van der Waals surface area (Å²) in [5, 5.41) is 11.9. The summed E-state index contributed by atoms with van der Waals surface area (Å²) >= 11 is 0. The summed E-state index contributed by atoms with van der Waals surface area (Å²) in [6, 6.07) is 0.591. The molecule has 2 rings (SSSR count). The lowest BCUT2D eigenvalue weighted by atomic mass is 9.97. The van der Waals surface area contributed by atoms with Crippen LogP contribution in [0, 0.1) is 0 Å². The summed E-state index contributed by atoms with van der Waals surface area (Å²) in [6.07, 6.45) is 3.66. The van der Waals surface area contributed by atoms with Gasteiger partial charge in [0.25, 0.3) is 0 Å². The maximum absolute atomic E-state index is 5.83. The fourth-order valence-electron chi connectivity index (χ4n) is 2.62. The first-order valence-corrected chi connectivity index (χ1v) is 7.78. The molecule has 1 aromatic rings. The lowest BCUT2D eigenvalue weighted by molar-refractivity contribution is 0.143. The number of nitrogens with zero attached hydrogens (tertiary/aromatic N) is 3. The molecule has 0 amide bonds. The van der Waals surface area contributed by atoms with Crippen molar-refractivity contribution in [3.05, 3.63) is 11.8 Å². The second-order valence-corrected chi connectivity index (χ2v) is 6.72. The van der Waals surface area contributed by atoms with E-state index in [1.165, 1.54) is 12.8 Å². The first-order valence-electron chi connectivity index (χ1n) is 7.78. The van der Waals surface area contributed by atoms with E-state index in [2.05, 4.69) is 48.1 Å². The first-order chi connectivity index (χ1) is 9.50. The Bertz CT molecular complexity index is 404. The highest BCUT2D eigenvalue weighted by molar-refractivity contribution is 4.96. The van der Waals surface area contributed by atoms with E-state index in [1.807, 2.05) is 0 Å². The molecule has 20 heavy (non-hydrogen) atoms. The minimum atomic E-state index is -0.0762. The third-order valence-corrected chi connectivity index (χ3v) is 3.74. The molecule has 1 aromatic heterocycles. The molecule has 0 radical (unpaired) electrons. The number of piperidine rings is 1. The molecule has 114 valence electrons. The van der Waals surface area contributed by atoms with Crippen LogP contribution < -0.4 is 5.32 Å². The van der Waals surface area contributed by atoms with Crippen LogP contribution in [-0.2, 0) is 12.0 Å². The van der Waals surface area contributed by atoms with Crippen molar-refractivity contribution in [1.29, 1.82) is 0 Å². The van der Waals surface area contributed by atoms with Gasteiger partial charge in [-0.1, -0.05) is 27.7 Å². The number of nitrogens with one attached hydrogen (secondary N) is 1. The van der Waals surface area contributed by atoms with Crippen LogP contribution in [0.15, 0.2) is 4.42 Å². The molecule has 5 nitrogen and oxygen atoms in total. The molecule has 5 heteroatoms. The third kappa shape index (κ3) is 4.03. The van der Waals surface area contributed by atoms with E-state index < -0.39 is 0 Å². The van der Waals surface area contributed by atoms with E-state index >= 15 is 0 Å². The lowest BCUT2D eigenvalue weighted by Crippen LogP contribution is -2.45. The predicted octanol–water partition coefficient (Wildman–Crippen LogP) is 2.33. The summed E-state index contributed by atoms with van der Waals surface area (Å²) in [5.74, 6) is 1.47. The Morgan fingerprint density at radius 1 is 1.35 bits per heavy atom. The normalized spacial score (nSPS) is 20.6. The van der Waals surface area contributed by atoms with Gasteiger partial charge in [0, 0.05) is 18.0 Å². The number of hydrogen-bond acceptors (Lipinski definition) is 5. The second kappa shape index (κ2) is 6.68. The van der Waals surface area contributed by atoms with Crippen molar-refractivity contribution in [2.24, 2.45) is 0 Å². The molecule has 1 unspecified atom stereocenters. The zero-order valence-electron chi connectivity index (χ0n) is 13.3. The Labute approximate surface area is 122 Å². The van der Waals surface area contributed by atoms with E-state index in [0.29, 0.717) is 6.04 Å². The Balaban J connectivity index is 2.01. The van der Waals surface area contributed by atoms with E-state index in [4.69, 9.17) is 4.42 Å². The van der Waals surface area contributed by atoms with Crippen molar-refractivity contribution < 1.29 is 4.42 Å². The van der Waals surface area contributed by atoms with Crippen LogP contribution in [0.2, 0.25) is 0 Å². The van der Waals surface area contributed by atoms with Gasteiger partial charge in [0.15, 0.2) is 0 Å². The van der Waals surface area contributed by atoms with Gasteiger partial charge in [-0.05, 0) is 32.4 Å². The van der Waals surface area contributed by atoms with Crippen LogP contribution in [0.25, 0.3) is 0 Å². The van der Waals surface area contributed by atoms with E-state index in [9.17, 15) is 0 Å². The Hall–Kier alpha value is -0.940. The van der Waals surface area contributed by atoms with Crippen LogP contribution in [0.4, 0.5) is 0 Å². The molecule has 1 N–H and O–H groups in total. The second-order valence-electron chi connectivity index (χ2n) is 6.72. The standard InChI is InChI=1S/C15H28N4O/c1-5-9-19(12-7-6-8-16-10-12)11-13-17-18-14(20-13)15(2,3)4/h12,16H,5-11H2,1-4H3. The topological polar surface area (TPSA) is 54.2 Å². The number of aromatic nitrogens is 2. The highest BCUT2D eigenvalue weighted by atomic mass is 16.4. The van der Waals surface area contributed by atoms with Crippen molar-refractivity contribution in [1.82, 2.24) is 20.4 Å². The molecule has 2 heterocycles. The largest absolute Gasteiger partial charge is 0.423 e. The molecule has 0 aliphatic carbocycles. The van der Waals surface area contributed by atoms with Crippen molar-refractivity contribution in [2.75, 3.05) is 19.6 Å². The van der Waals surface area contributed by atoms with Crippen LogP contribution in [0.3, 0.4) is 0 Å². The molecule has 0 aromatic carbocycles. The highest BCUT2D eigenvalue weighted by Gasteiger charge is 2.25. The highest BCUT2D eigenvalue weighted by Crippen LogP contribution is 2.21. The lowest BCUT2D eigenvalue weighted by Gasteiger charge is -2.33. The summed E-state index contributed by atoms with van der Waals surface area (Å²) < 4.78 is 5.83. The first kappa shape index (κ1) is 15.4.